The van der Waals surface area contributed by atoms with E-state index >= 15 is 0 Å². The third kappa shape index (κ3) is 3.70. The van der Waals surface area contributed by atoms with Crippen molar-refractivity contribution in [1.29, 1.82) is 0 Å². The van der Waals surface area contributed by atoms with E-state index in [0.717, 1.165) is 29.7 Å². The summed E-state index contributed by atoms with van der Waals surface area (Å²) in [6.07, 6.45) is 4.76. The van der Waals surface area contributed by atoms with Gasteiger partial charge in [-0.1, -0.05) is 19.9 Å². The molecule has 3 nitrogen and oxygen atoms in total. The Morgan fingerprint density at radius 2 is 1.95 bits per heavy atom. The second-order valence-corrected chi connectivity index (χ2v) is 5.57. The third-order valence-electron chi connectivity index (χ3n) is 4.05. The van der Waals surface area contributed by atoms with Gasteiger partial charge in [-0.25, -0.2) is 4.39 Å². The molecule has 2 aromatic rings. The Balaban J connectivity index is 2.12. The Morgan fingerprint density at radius 1 is 1.24 bits per heavy atom. The lowest BCUT2D eigenvalue weighted by Gasteiger charge is -2.15. The Morgan fingerprint density at radius 3 is 2.62 bits per heavy atom. The molecule has 1 aromatic heterocycles. The highest BCUT2D eigenvalue weighted by atomic mass is 19.1. The monoisotopic (exact) mass is 289 g/mol. The van der Waals surface area contributed by atoms with Crippen molar-refractivity contribution in [2.75, 3.05) is 0 Å². The van der Waals surface area contributed by atoms with Gasteiger partial charge in [0.25, 0.3) is 0 Å². The fourth-order valence-electron chi connectivity index (χ4n) is 2.70. The average Bonchev–Trinajstić information content (AvgIpc) is 2.91. The summed E-state index contributed by atoms with van der Waals surface area (Å²) in [4.78, 5) is 0. The third-order valence-corrected chi connectivity index (χ3v) is 4.05. The summed E-state index contributed by atoms with van der Waals surface area (Å²) in [6.45, 7) is 6.28. The molecule has 2 N–H and O–H groups in total. The molecule has 0 bridgehead atoms. The van der Waals surface area contributed by atoms with Crippen molar-refractivity contribution < 1.29 is 4.39 Å². The summed E-state index contributed by atoms with van der Waals surface area (Å²) in [5.74, 6) is -0.242. The zero-order valence-electron chi connectivity index (χ0n) is 13.0. The number of hydrogen-bond acceptors (Lipinski definition) is 2. The van der Waals surface area contributed by atoms with E-state index in [9.17, 15) is 4.39 Å². The largest absolute Gasteiger partial charge is 0.324 e. The van der Waals surface area contributed by atoms with Gasteiger partial charge in [-0.3, -0.25) is 4.68 Å². The number of aryl methyl sites for hydroxylation is 1. The van der Waals surface area contributed by atoms with Crippen molar-refractivity contribution in [2.24, 2.45) is 5.73 Å². The zero-order valence-corrected chi connectivity index (χ0v) is 13.0. The van der Waals surface area contributed by atoms with Crippen molar-refractivity contribution in [3.63, 3.8) is 0 Å². The van der Waals surface area contributed by atoms with Gasteiger partial charge < -0.3 is 5.73 Å². The highest BCUT2D eigenvalue weighted by Crippen LogP contribution is 2.21. The smallest absolute Gasteiger partial charge is 0.123 e. The minimum Gasteiger partial charge on any atom is -0.324 e. The summed E-state index contributed by atoms with van der Waals surface area (Å²) in [5, 5.41) is 4.61. The number of benzene rings is 1. The van der Waals surface area contributed by atoms with Crippen LogP contribution in [0.4, 0.5) is 4.39 Å². The number of aromatic nitrogens is 2. The summed E-state index contributed by atoms with van der Waals surface area (Å²) >= 11 is 0. The molecule has 0 fully saturated rings. The molecule has 1 unspecified atom stereocenters. The van der Waals surface area contributed by atoms with E-state index in [1.807, 2.05) is 23.9 Å². The summed E-state index contributed by atoms with van der Waals surface area (Å²) in [5.41, 5.74) is 9.06. The van der Waals surface area contributed by atoms with Gasteiger partial charge in [-0.15, -0.1) is 0 Å². The molecule has 0 radical (unpaired) electrons. The predicted octanol–water partition coefficient (Wildman–Crippen LogP) is 3.93. The van der Waals surface area contributed by atoms with Crippen LogP contribution >= 0.6 is 0 Å². The molecule has 4 heteroatoms. The van der Waals surface area contributed by atoms with Gasteiger partial charge in [0, 0.05) is 18.7 Å². The first-order valence-electron chi connectivity index (χ1n) is 7.60. The van der Waals surface area contributed by atoms with Gasteiger partial charge in [0.15, 0.2) is 0 Å². The van der Waals surface area contributed by atoms with E-state index < -0.39 is 0 Å². The lowest BCUT2D eigenvalue weighted by atomic mass is 9.98. The molecular formula is C17H24FN3. The van der Waals surface area contributed by atoms with Gasteiger partial charge in [-0.05, 0) is 49.1 Å². The Bertz CT molecular complexity index is 587. The van der Waals surface area contributed by atoms with Crippen LogP contribution < -0.4 is 5.73 Å². The Hall–Kier alpha value is -1.68. The predicted molar refractivity (Wildman–Crippen MR) is 83.6 cm³/mol. The maximum absolute atomic E-state index is 13.4. The molecule has 0 saturated heterocycles. The van der Waals surface area contributed by atoms with Gasteiger partial charge >= 0.3 is 0 Å². The minimum absolute atomic E-state index is 0.231. The fourth-order valence-corrected chi connectivity index (χ4v) is 2.70. The molecule has 0 aliphatic rings. The van der Waals surface area contributed by atoms with Gasteiger partial charge in [-0.2, -0.15) is 5.10 Å². The first kappa shape index (κ1) is 15.7. The second-order valence-electron chi connectivity index (χ2n) is 5.57. The molecular weight excluding hydrogens is 265 g/mol. The molecule has 2 rings (SSSR count). The first-order valence-corrected chi connectivity index (χ1v) is 7.60. The maximum Gasteiger partial charge on any atom is 0.123 e. The van der Waals surface area contributed by atoms with E-state index in [4.69, 9.17) is 5.73 Å². The van der Waals surface area contributed by atoms with Crippen LogP contribution in [0.25, 0.3) is 0 Å². The molecule has 114 valence electrons. The second kappa shape index (κ2) is 6.85. The van der Waals surface area contributed by atoms with Crippen LogP contribution in [0.3, 0.4) is 0 Å². The van der Waals surface area contributed by atoms with E-state index in [2.05, 4.69) is 18.9 Å². The number of nitrogens with zero attached hydrogens (tertiary/aromatic N) is 2. The lowest BCUT2D eigenvalue weighted by molar-refractivity contribution is 0.424. The fraction of sp³-hybridized carbons (Fsp3) is 0.471. The van der Waals surface area contributed by atoms with Crippen molar-refractivity contribution in [2.45, 2.75) is 52.1 Å². The molecule has 0 aliphatic carbocycles. The van der Waals surface area contributed by atoms with Crippen LogP contribution in [0.2, 0.25) is 0 Å². The van der Waals surface area contributed by atoms with Gasteiger partial charge in [0.05, 0.1) is 11.7 Å². The number of rotatable bonds is 6. The standard InChI is InChI=1S/C17H24FN3/c1-4-15(5-2)21-9-8-14(20-21)11-17(19)16-10-13(18)7-6-12(16)3/h6-10,15,17H,4-5,11,19H2,1-3H3. The van der Waals surface area contributed by atoms with E-state index in [0.29, 0.717) is 12.5 Å². The molecule has 1 heterocycles. The highest BCUT2D eigenvalue weighted by Gasteiger charge is 2.14. The van der Waals surface area contributed by atoms with Crippen molar-refractivity contribution in [3.05, 3.63) is 53.1 Å². The van der Waals surface area contributed by atoms with Crippen molar-refractivity contribution in [1.82, 2.24) is 9.78 Å². The van der Waals surface area contributed by atoms with E-state index in [-0.39, 0.29) is 11.9 Å². The quantitative estimate of drug-likeness (QED) is 0.875. The van der Waals surface area contributed by atoms with Crippen LogP contribution in [0, 0.1) is 12.7 Å². The van der Waals surface area contributed by atoms with Crippen LogP contribution in [0.1, 0.15) is 55.6 Å². The Kier molecular flexibility index (Phi) is 5.12. The molecule has 1 aromatic carbocycles. The topological polar surface area (TPSA) is 43.8 Å². The molecule has 0 saturated carbocycles. The average molecular weight is 289 g/mol. The molecule has 1 atom stereocenters. The zero-order chi connectivity index (χ0) is 15.4. The van der Waals surface area contributed by atoms with Crippen molar-refractivity contribution >= 4 is 0 Å². The summed E-state index contributed by atoms with van der Waals surface area (Å²) in [7, 11) is 0. The highest BCUT2D eigenvalue weighted by molar-refractivity contribution is 5.30. The Labute approximate surface area is 126 Å². The van der Waals surface area contributed by atoms with Crippen molar-refractivity contribution in [3.8, 4) is 0 Å². The normalized spacial score (nSPS) is 12.9. The first-order chi connectivity index (χ1) is 10.0. The molecule has 0 amide bonds. The maximum atomic E-state index is 13.4. The lowest BCUT2D eigenvalue weighted by Crippen LogP contribution is -2.16. The van der Waals surface area contributed by atoms with E-state index in [1.54, 1.807) is 6.07 Å². The number of hydrogen-bond donors (Lipinski definition) is 1. The van der Waals surface area contributed by atoms with Gasteiger partial charge in [0.2, 0.25) is 0 Å². The van der Waals surface area contributed by atoms with Crippen LogP contribution in [-0.2, 0) is 6.42 Å². The number of halogens is 1. The van der Waals surface area contributed by atoms with E-state index in [1.165, 1.54) is 12.1 Å². The number of nitrogens with two attached hydrogens (primary N) is 1. The molecule has 21 heavy (non-hydrogen) atoms. The minimum atomic E-state index is -0.242. The molecule has 0 spiro atoms. The van der Waals surface area contributed by atoms with Crippen LogP contribution in [-0.4, -0.2) is 9.78 Å². The van der Waals surface area contributed by atoms with Gasteiger partial charge in [0.1, 0.15) is 5.82 Å². The van der Waals surface area contributed by atoms with Crippen LogP contribution in [0.5, 0.6) is 0 Å². The SMILES string of the molecule is CCC(CC)n1ccc(CC(N)c2cc(F)ccc2C)n1. The summed E-state index contributed by atoms with van der Waals surface area (Å²) in [6, 6.07) is 6.97. The summed E-state index contributed by atoms with van der Waals surface area (Å²) < 4.78 is 15.4. The van der Waals surface area contributed by atoms with Crippen LogP contribution in [0.15, 0.2) is 30.5 Å². The molecule has 0 aliphatic heterocycles.